The van der Waals surface area contributed by atoms with Crippen LogP contribution in [0.25, 0.3) is 10.9 Å². The number of carbonyl (C=O) groups is 1. The fourth-order valence-electron chi connectivity index (χ4n) is 1.65. The number of alkyl halides is 3. The van der Waals surface area contributed by atoms with Crippen LogP contribution in [0.2, 0.25) is 0 Å². The van der Waals surface area contributed by atoms with Crippen molar-refractivity contribution in [1.29, 1.82) is 0 Å². The van der Waals surface area contributed by atoms with E-state index < -0.39 is 28.8 Å². The Morgan fingerprint density at radius 1 is 1.21 bits per heavy atom. The van der Waals surface area contributed by atoms with Gasteiger partial charge in [-0.25, -0.2) is 4.79 Å². The highest BCUT2D eigenvalue weighted by Crippen LogP contribution is 2.30. The minimum Gasteiger partial charge on any atom is -1.00 e. The average Bonchev–Trinajstić information content (AvgIpc) is 2.27. The summed E-state index contributed by atoms with van der Waals surface area (Å²) in [6.45, 7) is 0. The summed E-state index contributed by atoms with van der Waals surface area (Å²) in [5.74, 6) is -1.91. The first-order valence-electron chi connectivity index (χ1n) is 4.78. The Hall–Kier alpha value is -2.02. The van der Waals surface area contributed by atoms with Gasteiger partial charge < -0.3 is 22.5 Å². The zero-order chi connectivity index (χ0) is 13.5. The molecule has 2 N–H and O–H groups in total. The molecule has 8 heteroatoms. The topological polar surface area (TPSA) is 70.2 Å². The van der Waals surface area contributed by atoms with Crippen molar-refractivity contribution in [3.8, 4) is 0 Å². The normalized spacial score (nSPS) is 11.1. The lowest BCUT2D eigenvalue weighted by molar-refractivity contribution is -0.141. The van der Waals surface area contributed by atoms with E-state index in [1.54, 1.807) is 0 Å². The van der Waals surface area contributed by atoms with E-state index in [1.807, 2.05) is 4.98 Å². The number of fused-ring (bicyclic) bond motifs is 1. The summed E-state index contributed by atoms with van der Waals surface area (Å²) >= 11 is 0. The number of aromatic nitrogens is 1. The SMILES string of the molecule is O=C(O)c1c(C(F)(F)F)[nH]c2ccccc2c1=O.[Cl-]. The quantitative estimate of drug-likeness (QED) is 0.726. The second-order valence-corrected chi connectivity index (χ2v) is 3.55. The number of nitrogens with one attached hydrogen (secondary N) is 1. The molecule has 4 nitrogen and oxygen atoms in total. The number of halogens is 4. The van der Waals surface area contributed by atoms with Crippen LogP contribution in [0.3, 0.4) is 0 Å². The summed E-state index contributed by atoms with van der Waals surface area (Å²) in [6, 6.07) is 5.42. The number of pyridine rings is 1. The third-order valence-electron chi connectivity index (χ3n) is 2.41. The third-order valence-corrected chi connectivity index (χ3v) is 2.41. The van der Waals surface area contributed by atoms with E-state index in [4.69, 9.17) is 5.11 Å². The fraction of sp³-hybridized carbons (Fsp3) is 0.0909. The molecule has 0 spiro atoms. The Bertz CT molecular complexity index is 694. The standard InChI is InChI=1S/C11H6F3NO3.ClH/c12-11(13,14)9-7(10(17)18)8(16)5-3-1-2-4-6(5)15-9;/h1-4H,(H,15,16)(H,17,18);1H/p-1. The fourth-order valence-corrected chi connectivity index (χ4v) is 1.65. The molecule has 0 atom stereocenters. The molecule has 0 unspecified atom stereocenters. The van der Waals surface area contributed by atoms with Gasteiger partial charge in [0.15, 0.2) is 0 Å². The number of para-hydroxylation sites is 1. The number of aromatic carboxylic acids is 1. The van der Waals surface area contributed by atoms with Gasteiger partial charge in [-0.05, 0) is 12.1 Å². The molecular formula is C11H6ClF3NO3-. The molecule has 0 saturated carbocycles. The Labute approximate surface area is 110 Å². The maximum atomic E-state index is 12.7. The van der Waals surface area contributed by atoms with E-state index in [0.29, 0.717) is 0 Å². The van der Waals surface area contributed by atoms with Gasteiger partial charge in [0.2, 0.25) is 5.43 Å². The first-order valence-corrected chi connectivity index (χ1v) is 4.78. The molecule has 2 rings (SSSR count). The van der Waals surface area contributed by atoms with Gasteiger partial charge in [0.25, 0.3) is 0 Å². The number of rotatable bonds is 1. The van der Waals surface area contributed by atoms with Crippen molar-refractivity contribution in [1.82, 2.24) is 4.98 Å². The lowest BCUT2D eigenvalue weighted by Crippen LogP contribution is -3.00. The highest BCUT2D eigenvalue weighted by molar-refractivity contribution is 5.94. The van der Waals surface area contributed by atoms with E-state index >= 15 is 0 Å². The van der Waals surface area contributed by atoms with Crippen LogP contribution < -0.4 is 17.8 Å². The van der Waals surface area contributed by atoms with E-state index in [1.165, 1.54) is 24.3 Å². The molecule has 1 aromatic carbocycles. The van der Waals surface area contributed by atoms with Crippen molar-refractivity contribution in [2.45, 2.75) is 6.18 Å². The van der Waals surface area contributed by atoms with Crippen LogP contribution >= 0.6 is 0 Å². The predicted octanol–water partition coefficient (Wildman–Crippen LogP) is -0.751. The van der Waals surface area contributed by atoms with E-state index in [-0.39, 0.29) is 23.3 Å². The predicted molar refractivity (Wildman–Crippen MR) is 56.5 cm³/mol. The van der Waals surface area contributed by atoms with Gasteiger partial charge in [0, 0.05) is 10.9 Å². The molecule has 19 heavy (non-hydrogen) atoms. The second-order valence-electron chi connectivity index (χ2n) is 3.55. The van der Waals surface area contributed by atoms with Crippen molar-refractivity contribution in [3.63, 3.8) is 0 Å². The highest BCUT2D eigenvalue weighted by atomic mass is 35.5. The minimum atomic E-state index is -4.93. The van der Waals surface area contributed by atoms with Crippen LogP contribution in [0.4, 0.5) is 13.2 Å². The largest absolute Gasteiger partial charge is 1.00 e. The van der Waals surface area contributed by atoms with E-state index in [2.05, 4.69) is 0 Å². The molecule has 0 radical (unpaired) electrons. The van der Waals surface area contributed by atoms with Crippen LogP contribution in [0.1, 0.15) is 16.1 Å². The molecular weight excluding hydrogens is 287 g/mol. The zero-order valence-corrected chi connectivity index (χ0v) is 9.84. The Balaban J connectivity index is 0.00000180. The molecule has 1 heterocycles. The van der Waals surface area contributed by atoms with Gasteiger partial charge in [-0.15, -0.1) is 0 Å². The van der Waals surface area contributed by atoms with Crippen molar-refractivity contribution < 1.29 is 35.5 Å². The molecule has 2 aromatic rings. The second kappa shape index (κ2) is 4.93. The van der Waals surface area contributed by atoms with Gasteiger partial charge in [-0.1, -0.05) is 12.1 Å². The lowest BCUT2D eigenvalue weighted by atomic mass is 10.1. The Kier molecular flexibility index (Phi) is 3.90. The molecule has 0 aliphatic heterocycles. The number of benzene rings is 1. The maximum absolute atomic E-state index is 12.7. The molecule has 0 saturated heterocycles. The molecule has 0 fully saturated rings. The molecule has 102 valence electrons. The molecule has 0 aliphatic rings. The van der Waals surface area contributed by atoms with Crippen molar-refractivity contribution in [2.75, 3.05) is 0 Å². The summed E-state index contributed by atoms with van der Waals surface area (Å²) in [6.07, 6.45) is -4.93. The first kappa shape index (κ1) is 15.0. The van der Waals surface area contributed by atoms with Crippen LogP contribution in [0.5, 0.6) is 0 Å². The molecule has 0 bridgehead atoms. The number of aromatic amines is 1. The maximum Gasteiger partial charge on any atom is 0.432 e. The van der Waals surface area contributed by atoms with Crippen molar-refractivity contribution >= 4 is 16.9 Å². The third kappa shape index (κ3) is 2.55. The summed E-state index contributed by atoms with van der Waals surface area (Å²) in [7, 11) is 0. The summed E-state index contributed by atoms with van der Waals surface area (Å²) in [5.41, 5.74) is -4.04. The van der Waals surface area contributed by atoms with Crippen LogP contribution in [0.15, 0.2) is 29.1 Å². The van der Waals surface area contributed by atoms with Crippen molar-refractivity contribution in [2.24, 2.45) is 0 Å². The molecule has 0 amide bonds. The van der Waals surface area contributed by atoms with E-state index in [9.17, 15) is 22.8 Å². The lowest BCUT2D eigenvalue weighted by Gasteiger charge is -2.11. The molecule has 1 aromatic heterocycles. The summed E-state index contributed by atoms with van der Waals surface area (Å²) in [4.78, 5) is 24.5. The van der Waals surface area contributed by atoms with E-state index in [0.717, 1.165) is 0 Å². The van der Waals surface area contributed by atoms with Crippen LogP contribution in [-0.2, 0) is 6.18 Å². The summed E-state index contributed by atoms with van der Waals surface area (Å²) < 4.78 is 38.0. The number of H-pyrrole nitrogens is 1. The van der Waals surface area contributed by atoms with Crippen LogP contribution in [0, 0.1) is 0 Å². The zero-order valence-electron chi connectivity index (χ0n) is 9.08. The monoisotopic (exact) mass is 292 g/mol. The van der Waals surface area contributed by atoms with Gasteiger partial charge in [0.05, 0.1) is 0 Å². The summed E-state index contributed by atoms with van der Waals surface area (Å²) in [5, 5.41) is 8.65. The van der Waals surface area contributed by atoms with Gasteiger partial charge in [0.1, 0.15) is 11.3 Å². The van der Waals surface area contributed by atoms with Crippen molar-refractivity contribution in [3.05, 3.63) is 45.7 Å². The van der Waals surface area contributed by atoms with Gasteiger partial charge in [-0.3, -0.25) is 4.79 Å². The average molecular weight is 293 g/mol. The number of carboxylic acid groups (broad SMARTS) is 1. The number of carboxylic acids is 1. The van der Waals surface area contributed by atoms with Gasteiger partial charge in [-0.2, -0.15) is 13.2 Å². The number of hydrogen-bond donors (Lipinski definition) is 2. The first-order chi connectivity index (χ1) is 8.32. The van der Waals surface area contributed by atoms with Gasteiger partial charge >= 0.3 is 12.1 Å². The minimum absolute atomic E-state index is 0. The number of hydrogen-bond acceptors (Lipinski definition) is 2. The molecule has 0 aliphatic carbocycles. The Morgan fingerprint density at radius 3 is 2.32 bits per heavy atom. The Morgan fingerprint density at radius 2 is 1.79 bits per heavy atom. The van der Waals surface area contributed by atoms with Crippen LogP contribution in [-0.4, -0.2) is 16.1 Å². The highest BCUT2D eigenvalue weighted by Gasteiger charge is 2.38. The smallest absolute Gasteiger partial charge is 0.432 e.